The number of aromatic nitrogens is 2. The molecular weight excluding hydrogens is 319 g/mol. The highest BCUT2D eigenvalue weighted by Crippen LogP contribution is 2.43. The normalized spacial score (nSPS) is 17.8. The lowest BCUT2D eigenvalue weighted by Crippen LogP contribution is -2.52. The summed E-state index contributed by atoms with van der Waals surface area (Å²) in [5.74, 6) is -0.231. The number of nitrogens with one attached hydrogen (secondary N) is 1. The van der Waals surface area contributed by atoms with Gasteiger partial charge in [0.1, 0.15) is 6.04 Å². The first-order valence-electron chi connectivity index (χ1n) is 7.79. The molecule has 0 aliphatic heterocycles. The van der Waals surface area contributed by atoms with Gasteiger partial charge in [-0.25, -0.2) is 4.98 Å². The van der Waals surface area contributed by atoms with Crippen LogP contribution in [-0.2, 0) is 16.5 Å². The Bertz CT molecular complexity index is 721. The van der Waals surface area contributed by atoms with E-state index in [1.807, 2.05) is 0 Å². The molecule has 128 valence electrons. The van der Waals surface area contributed by atoms with Crippen molar-refractivity contribution in [2.75, 3.05) is 0 Å². The van der Waals surface area contributed by atoms with Crippen molar-refractivity contribution in [1.82, 2.24) is 14.9 Å². The molecule has 24 heavy (non-hydrogen) atoms. The zero-order valence-corrected chi connectivity index (χ0v) is 13.2. The van der Waals surface area contributed by atoms with E-state index >= 15 is 0 Å². The van der Waals surface area contributed by atoms with Crippen molar-refractivity contribution in [3.05, 3.63) is 54.1 Å². The Hall–Kier alpha value is -2.31. The second-order valence-electron chi connectivity index (χ2n) is 6.19. The molecule has 1 unspecified atom stereocenters. The SMILES string of the molecule is CC(C(=O)NC1(c2cccc(C(F)(F)F)c2)CCC1)n1ccnc1. The molecule has 1 saturated carbocycles. The summed E-state index contributed by atoms with van der Waals surface area (Å²) in [6, 6.07) is 4.75. The van der Waals surface area contributed by atoms with Crippen molar-refractivity contribution in [3.63, 3.8) is 0 Å². The largest absolute Gasteiger partial charge is 0.416 e. The molecule has 1 atom stereocenters. The predicted molar refractivity (Wildman–Crippen MR) is 82.1 cm³/mol. The van der Waals surface area contributed by atoms with Gasteiger partial charge in [-0.1, -0.05) is 12.1 Å². The smallest absolute Gasteiger partial charge is 0.345 e. The minimum atomic E-state index is -4.39. The molecule has 1 aliphatic carbocycles. The molecule has 0 spiro atoms. The molecule has 1 N–H and O–H groups in total. The van der Waals surface area contributed by atoms with Crippen LogP contribution in [0.25, 0.3) is 0 Å². The van der Waals surface area contributed by atoms with Crippen LogP contribution in [0.3, 0.4) is 0 Å². The molecule has 7 heteroatoms. The van der Waals surface area contributed by atoms with E-state index in [4.69, 9.17) is 0 Å². The Kier molecular flexibility index (Phi) is 4.11. The monoisotopic (exact) mass is 337 g/mol. The number of hydrogen-bond donors (Lipinski definition) is 1. The van der Waals surface area contributed by atoms with Gasteiger partial charge in [-0.3, -0.25) is 4.79 Å². The molecule has 0 radical (unpaired) electrons. The summed E-state index contributed by atoms with van der Waals surface area (Å²) in [6.07, 6.45) is 2.55. The Morgan fingerprint density at radius 3 is 2.67 bits per heavy atom. The number of hydrogen-bond acceptors (Lipinski definition) is 2. The first kappa shape index (κ1) is 16.5. The molecular formula is C17H18F3N3O. The Morgan fingerprint density at radius 1 is 1.38 bits per heavy atom. The fraction of sp³-hybridized carbons (Fsp3) is 0.412. The van der Waals surface area contributed by atoms with Crippen LogP contribution in [0.2, 0.25) is 0 Å². The summed E-state index contributed by atoms with van der Waals surface area (Å²) >= 11 is 0. The highest BCUT2D eigenvalue weighted by Gasteiger charge is 2.42. The third-order valence-electron chi connectivity index (χ3n) is 4.66. The number of carbonyl (C=O) groups excluding carboxylic acids is 1. The van der Waals surface area contributed by atoms with E-state index in [1.165, 1.54) is 6.07 Å². The number of alkyl halides is 3. The van der Waals surface area contributed by atoms with E-state index in [2.05, 4.69) is 10.3 Å². The predicted octanol–water partition coefficient (Wildman–Crippen LogP) is 3.66. The van der Waals surface area contributed by atoms with E-state index in [1.54, 1.807) is 36.3 Å². The molecule has 0 bridgehead atoms. The number of amides is 1. The molecule has 4 nitrogen and oxygen atoms in total. The van der Waals surface area contributed by atoms with E-state index in [-0.39, 0.29) is 5.91 Å². The van der Waals surface area contributed by atoms with Crippen LogP contribution in [0, 0.1) is 0 Å². The van der Waals surface area contributed by atoms with Crippen molar-refractivity contribution in [2.24, 2.45) is 0 Å². The summed E-state index contributed by atoms with van der Waals surface area (Å²) in [4.78, 5) is 16.4. The molecule has 1 aliphatic rings. The van der Waals surface area contributed by atoms with E-state index < -0.39 is 23.3 Å². The number of carbonyl (C=O) groups is 1. The molecule has 1 amide bonds. The maximum Gasteiger partial charge on any atom is 0.416 e. The van der Waals surface area contributed by atoms with Crippen molar-refractivity contribution < 1.29 is 18.0 Å². The zero-order chi connectivity index (χ0) is 17.4. The topological polar surface area (TPSA) is 46.9 Å². The molecule has 1 aromatic carbocycles. The van der Waals surface area contributed by atoms with E-state index in [0.29, 0.717) is 18.4 Å². The number of rotatable bonds is 4. The number of nitrogens with zero attached hydrogens (tertiary/aromatic N) is 2. The standard InChI is InChI=1S/C17H18F3N3O/c1-12(23-9-8-21-11-23)15(24)22-16(6-3-7-16)13-4-2-5-14(10-13)17(18,19)20/h2,4-5,8-12H,3,6-7H2,1H3,(H,22,24). The average Bonchev–Trinajstić information content (AvgIpc) is 3.03. The van der Waals surface area contributed by atoms with Crippen molar-refractivity contribution >= 4 is 5.91 Å². The van der Waals surface area contributed by atoms with Gasteiger partial charge in [0.05, 0.1) is 17.4 Å². The molecule has 0 saturated heterocycles. The van der Waals surface area contributed by atoms with Gasteiger partial charge in [0.2, 0.25) is 5.91 Å². The summed E-state index contributed by atoms with van der Waals surface area (Å²) in [5.41, 5.74) is -0.898. The first-order chi connectivity index (χ1) is 11.3. The zero-order valence-electron chi connectivity index (χ0n) is 13.2. The van der Waals surface area contributed by atoms with Crippen LogP contribution in [0.1, 0.15) is 43.4 Å². The summed E-state index contributed by atoms with van der Waals surface area (Å²) < 4.78 is 40.5. The lowest BCUT2D eigenvalue weighted by molar-refractivity contribution is -0.137. The molecule has 1 fully saturated rings. The van der Waals surface area contributed by atoms with Crippen LogP contribution < -0.4 is 5.32 Å². The van der Waals surface area contributed by atoms with Gasteiger partial charge in [0, 0.05) is 12.4 Å². The van der Waals surface area contributed by atoms with Crippen molar-refractivity contribution in [2.45, 2.75) is 43.9 Å². The Morgan fingerprint density at radius 2 is 2.12 bits per heavy atom. The molecule has 1 aromatic heterocycles. The van der Waals surface area contributed by atoms with Crippen LogP contribution in [0.15, 0.2) is 43.0 Å². The van der Waals surface area contributed by atoms with Crippen LogP contribution >= 0.6 is 0 Å². The minimum Gasteiger partial charge on any atom is -0.345 e. The molecule has 2 aromatic rings. The highest BCUT2D eigenvalue weighted by atomic mass is 19.4. The quantitative estimate of drug-likeness (QED) is 0.925. The Labute approximate surface area is 137 Å². The second-order valence-corrected chi connectivity index (χ2v) is 6.19. The average molecular weight is 337 g/mol. The van der Waals surface area contributed by atoms with E-state index in [0.717, 1.165) is 18.6 Å². The van der Waals surface area contributed by atoms with Gasteiger partial charge < -0.3 is 9.88 Å². The summed E-state index contributed by atoms with van der Waals surface area (Å²) in [5, 5.41) is 2.96. The summed E-state index contributed by atoms with van der Waals surface area (Å²) in [6.45, 7) is 1.73. The van der Waals surface area contributed by atoms with Gasteiger partial charge in [-0.2, -0.15) is 13.2 Å². The lowest BCUT2D eigenvalue weighted by atomic mass is 9.71. The van der Waals surface area contributed by atoms with Crippen molar-refractivity contribution in [1.29, 1.82) is 0 Å². The van der Waals surface area contributed by atoms with Gasteiger partial charge >= 0.3 is 6.18 Å². The molecule has 3 rings (SSSR count). The van der Waals surface area contributed by atoms with Crippen molar-refractivity contribution in [3.8, 4) is 0 Å². The van der Waals surface area contributed by atoms with Gasteiger partial charge in [-0.05, 0) is 43.9 Å². The minimum absolute atomic E-state index is 0.231. The summed E-state index contributed by atoms with van der Waals surface area (Å²) in [7, 11) is 0. The third-order valence-corrected chi connectivity index (χ3v) is 4.66. The fourth-order valence-corrected chi connectivity index (χ4v) is 2.98. The fourth-order valence-electron chi connectivity index (χ4n) is 2.98. The van der Waals surface area contributed by atoms with Gasteiger partial charge in [-0.15, -0.1) is 0 Å². The second kappa shape index (κ2) is 5.96. The van der Waals surface area contributed by atoms with Gasteiger partial charge in [0.25, 0.3) is 0 Å². The maximum absolute atomic E-state index is 13.0. The maximum atomic E-state index is 13.0. The van der Waals surface area contributed by atoms with E-state index in [9.17, 15) is 18.0 Å². The first-order valence-corrected chi connectivity index (χ1v) is 7.79. The number of halogens is 3. The van der Waals surface area contributed by atoms with Crippen LogP contribution in [-0.4, -0.2) is 15.5 Å². The lowest BCUT2D eigenvalue weighted by Gasteiger charge is -2.44. The van der Waals surface area contributed by atoms with Crippen LogP contribution in [0.4, 0.5) is 13.2 Å². The molecule has 1 heterocycles. The third kappa shape index (κ3) is 3.02. The number of benzene rings is 1. The van der Waals surface area contributed by atoms with Crippen LogP contribution in [0.5, 0.6) is 0 Å². The van der Waals surface area contributed by atoms with Gasteiger partial charge in [0.15, 0.2) is 0 Å². The Balaban J connectivity index is 1.84. The highest BCUT2D eigenvalue weighted by molar-refractivity contribution is 5.81. The number of imidazole rings is 1.